The molecular weight excluding hydrogens is 318 g/mol. The van der Waals surface area contributed by atoms with E-state index in [0.717, 1.165) is 33.3 Å². The van der Waals surface area contributed by atoms with Crippen LogP contribution >= 0.6 is 0 Å². The smallest absolute Gasteiger partial charge is 0.137 e. The molecule has 2 heteroatoms. The second-order valence-electron chi connectivity index (χ2n) is 6.31. The Morgan fingerprint density at radius 2 is 1.23 bits per heavy atom. The van der Waals surface area contributed by atoms with Gasteiger partial charge in [-0.2, -0.15) is 0 Å². The van der Waals surface area contributed by atoms with Gasteiger partial charge in [0.25, 0.3) is 0 Å². The molecule has 0 radical (unpaired) electrons. The highest BCUT2D eigenvalue weighted by Crippen LogP contribution is 2.37. The van der Waals surface area contributed by atoms with E-state index in [1.165, 1.54) is 11.1 Å². The van der Waals surface area contributed by atoms with Crippen LogP contribution in [0.2, 0.25) is 0 Å². The van der Waals surface area contributed by atoms with Crippen molar-refractivity contribution in [1.82, 2.24) is 0 Å². The lowest BCUT2D eigenvalue weighted by Gasteiger charge is -2.13. The maximum Gasteiger partial charge on any atom is 0.137 e. The van der Waals surface area contributed by atoms with Crippen LogP contribution in [0.3, 0.4) is 0 Å². The predicted molar refractivity (Wildman–Crippen MR) is 109 cm³/mol. The van der Waals surface area contributed by atoms with Crippen molar-refractivity contribution in [2.75, 3.05) is 5.32 Å². The molecule has 4 aromatic carbocycles. The zero-order chi connectivity index (χ0) is 17.3. The number of rotatable bonds is 3. The first-order valence-corrected chi connectivity index (χ1v) is 8.72. The summed E-state index contributed by atoms with van der Waals surface area (Å²) in [6, 6.07) is 33.1. The fourth-order valence-electron chi connectivity index (χ4n) is 3.49. The van der Waals surface area contributed by atoms with E-state index < -0.39 is 0 Å². The van der Waals surface area contributed by atoms with Crippen molar-refractivity contribution in [1.29, 1.82) is 0 Å². The minimum atomic E-state index is 0.897. The number of para-hydroxylation sites is 2. The molecule has 0 amide bonds. The largest absolute Gasteiger partial charge is 0.456 e. The molecule has 0 saturated heterocycles. The van der Waals surface area contributed by atoms with Crippen molar-refractivity contribution in [2.24, 2.45) is 0 Å². The average molecular weight is 335 g/mol. The second kappa shape index (κ2) is 6.08. The second-order valence-corrected chi connectivity index (χ2v) is 6.31. The van der Waals surface area contributed by atoms with Crippen LogP contribution in [0.25, 0.3) is 33.1 Å². The van der Waals surface area contributed by atoms with Gasteiger partial charge < -0.3 is 9.73 Å². The molecule has 0 aliphatic carbocycles. The van der Waals surface area contributed by atoms with Crippen LogP contribution in [-0.4, -0.2) is 0 Å². The average Bonchev–Trinajstić information content (AvgIpc) is 3.09. The fraction of sp³-hybridized carbons (Fsp3) is 0. The highest BCUT2D eigenvalue weighted by atomic mass is 16.3. The Bertz CT molecular complexity index is 1200. The monoisotopic (exact) mass is 335 g/mol. The summed E-state index contributed by atoms with van der Waals surface area (Å²) in [6.45, 7) is 0. The van der Waals surface area contributed by atoms with Crippen molar-refractivity contribution in [3.05, 3.63) is 97.1 Å². The van der Waals surface area contributed by atoms with E-state index in [1.54, 1.807) is 0 Å². The topological polar surface area (TPSA) is 25.2 Å². The van der Waals surface area contributed by atoms with E-state index >= 15 is 0 Å². The molecule has 0 aliphatic rings. The Labute approximate surface area is 151 Å². The Hall–Kier alpha value is -3.52. The molecule has 0 fully saturated rings. The first-order chi connectivity index (χ1) is 12.9. The van der Waals surface area contributed by atoms with Crippen molar-refractivity contribution in [3.63, 3.8) is 0 Å². The lowest BCUT2D eigenvalue weighted by atomic mass is 10.0. The lowest BCUT2D eigenvalue weighted by Crippen LogP contribution is -1.93. The summed E-state index contributed by atoms with van der Waals surface area (Å²) >= 11 is 0. The highest BCUT2D eigenvalue weighted by Gasteiger charge is 2.12. The van der Waals surface area contributed by atoms with Crippen LogP contribution in [0.1, 0.15) is 0 Å². The summed E-state index contributed by atoms with van der Waals surface area (Å²) in [5, 5.41) is 5.88. The van der Waals surface area contributed by atoms with Crippen LogP contribution in [0.15, 0.2) is 101 Å². The van der Waals surface area contributed by atoms with Crippen LogP contribution in [0.4, 0.5) is 11.4 Å². The van der Waals surface area contributed by atoms with Gasteiger partial charge in [0.15, 0.2) is 0 Å². The molecule has 5 aromatic rings. The lowest BCUT2D eigenvalue weighted by molar-refractivity contribution is 0.669. The minimum absolute atomic E-state index is 0.897. The van der Waals surface area contributed by atoms with Crippen LogP contribution < -0.4 is 5.32 Å². The molecule has 0 bridgehead atoms. The number of hydrogen-bond donors (Lipinski definition) is 1. The summed E-state index contributed by atoms with van der Waals surface area (Å²) in [5.74, 6) is 0. The van der Waals surface area contributed by atoms with Crippen LogP contribution in [0, 0.1) is 0 Å². The molecule has 5 rings (SSSR count). The van der Waals surface area contributed by atoms with Gasteiger partial charge in [-0.25, -0.2) is 0 Å². The van der Waals surface area contributed by atoms with E-state index in [-0.39, 0.29) is 0 Å². The molecule has 1 N–H and O–H groups in total. The summed E-state index contributed by atoms with van der Waals surface area (Å²) in [6.07, 6.45) is 0. The molecule has 0 atom stereocenters. The summed E-state index contributed by atoms with van der Waals surface area (Å²) in [5.41, 5.74) is 6.31. The van der Waals surface area contributed by atoms with Gasteiger partial charge in [0.05, 0.1) is 11.1 Å². The first kappa shape index (κ1) is 14.8. The molecule has 1 aromatic heterocycles. The Morgan fingerprint density at radius 3 is 2.15 bits per heavy atom. The molecular formula is C24H17NO. The summed E-state index contributed by atoms with van der Waals surface area (Å²) in [7, 11) is 0. The predicted octanol–water partition coefficient (Wildman–Crippen LogP) is 7.00. The number of hydrogen-bond acceptors (Lipinski definition) is 2. The van der Waals surface area contributed by atoms with E-state index in [4.69, 9.17) is 4.42 Å². The molecule has 0 unspecified atom stereocenters. The van der Waals surface area contributed by atoms with Gasteiger partial charge in [0.2, 0.25) is 0 Å². The standard InChI is InChI=1S/C24H17NO/c1-2-9-17(10-3-1)18-11-4-6-13-20(18)25-21-14-8-16-23-24(21)19-12-5-7-15-22(19)26-23/h1-16,25H. The number of benzene rings is 4. The van der Waals surface area contributed by atoms with E-state index in [1.807, 2.05) is 36.4 Å². The van der Waals surface area contributed by atoms with Crippen molar-refractivity contribution in [3.8, 4) is 11.1 Å². The highest BCUT2D eigenvalue weighted by molar-refractivity contribution is 6.12. The molecule has 0 aliphatic heterocycles. The van der Waals surface area contributed by atoms with Crippen molar-refractivity contribution in [2.45, 2.75) is 0 Å². The minimum Gasteiger partial charge on any atom is -0.456 e. The number of nitrogens with one attached hydrogen (secondary N) is 1. The number of fused-ring (bicyclic) bond motifs is 3. The molecule has 1 heterocycles. The van der Waals surface area contributed by atoms with Crippen LogP contribution in [0.5, 0.6) is 0 Å². The zero-order valence-electron chi connectivity index (χ0n) is 14.1. The van der Waals surface area contributed by atoms with Gasteiger partial charge in [-0.3, -0.25) is 0 Å². The van der Waals surface area contributed by atoms with E-state index in [2.05, 4.69) is 66.0 Å². The molecule has 124 valence electrons. The Kier molecular flexibility index (Phi) is 3.46. The van der Waals surface area contributed by atoms with Gasteiger partial charge >= 0.3 is 0 Å². The quantitative estimate of drug-likeness (QED) is 0.384. The third-order valence-electron chi connectivity index (χ3n) is 4.68. The molecule has 0 saturated carbocycles. The first-order valence-electron chi connectivity index (χ1n) is 8.72. The van der Waals surface area contributed by atoms with Gasteiger partial charge in [0.1, 0.15) is 11.2 Å². The maximum absolute atomic E-state index is 6.01. The summed E-state index contributed by atoms with van der Waals surface area (Å²) in [4.78, 5) is 0. The third-order valence-corrected chi connectivity index (χ3v) is 4.68. The van der Waals surface area contributed by atoms with Crippen LogP contribution in [-0.2, 0) is 0 Å². The number of furan rings is 1. The van der Waals surface area contributed by atoms with Crippen molar-refractivity contribution >= 4 is 33.3 Å². The molecule has 0 spiro atoms. The Morgan fingerprint density at radius 1 is 0.538 bits per heavy atom. The molecule has 2 nitrogen and oxygen atoms in total. The Balaban J connectivity index is 1.68. The van der Waals surface area contributed by atoms with Gasteiger partial charge in [-0.1, -0.05) is 72.8 Å². The normalized spacial score (nSPS) is 11.1. The van der Waals surface area contributed by atoms with Gasteiger partial charge in [-0.15, -0.1) is 0 Å². The van der Waals surface area contributed by atoms with Gasteiger partial charge in [-0.05, 0) is 29.8 Å². The zero-order valence-corrected chi connectivity index (χ0v) is 14.1. The molecule has 26 heavy (non-hydrogen) atoms. The number of anilines is 2. The maximum atomic E-state index is 6.01. The van der Waals surface area contributed by atoms with Crippen molar-refractivity contribution < 1.29 is 4.42 Å². The van der Waals surface area contributed by atoms with Gasteiger partial charge in [0, 0.05) is 16.6 Å². The fourth-order valence-corrected chi connectivity index (χ4v) is 3.49. The van der Waals surface area contributed by atoms with E-state index in [0.29, 0.717) is 0 Å². The van der Waals surface area contributed by atoms with E-state index in [9.17, 15) is 0 Å². The third kappa shape index (κ3) is 2.44. The SMILES string of the molecule is c1ccc(-c2ccccc2Nc2cccc3oc4ccccc4c23)cc1. The summed E-state index contributed by atoms with van der Waals surface area (Å²) < 4.78 is 6.01.